The minimum Gasteiger partial charge on any atom is -0.466 e. The van der Waals surface area contributed by atoms with Crippen molar-refractivity contribution in [2.75, 3.05) is 19.7 Å². The summed E-state index contributed by atoms with van der Waals surface area (Å²) in [5, 5.41) is 0. The highest BCUT2D eigenvalue weighted by Gasteiger charge is 2.34. The number of carbonyl (C=O) groups is 2. The summed E-state index contributed by atoms with van der Waals surface area (Å²) in [7, 11) is 0. The Morgan fingerprint density at radius 3 is 2.77 bits per heavy atom. The molecule has 1 fully saturated rings. The number of likely N-dealkylation sites (tertiary alicyclic amines) is 1. The van der Waals surface area contributed by atoms with Crippen molar-refractivity contribution in [1.82, 2.24) is 14.3 Å². The van der Waals surface area contributed by atoms with Crippen LogP contribution in [0.15, 0.2) is 48.8 Å². The number of nitrogens with zero attached hydrogens (tertiary/aromatic N) is 3. The van der Waals surface area contributed by atoms with E-state index in [1.54, 1.807) is 24.1 Å². The summed E-state index contributed by atoms with van der Waals surface area (Å²) in [5.74, 6) is -1.58. The molecule has 1 amide bonds. The van der Waals surface area contributed by atoms with Gasteiger partial charge in [0, 0.05) is 37.8 Å². The van der Waals surface area contributed by atoms with Crippen molar-refractivity contribution < 1.29 is 27.5 Å². The number of aromatic nitrogens is 2. The Morgan fingerprint density at radius 2 is 2.03 bits per heavy atom. The Balaban J connectivity index is 1.67. The van der Waals surface area contributed by atoms with E-state index in [-0.39, 0.29) is 31.4 Å². The largest absolute Gasteiger partial charge is 0.466 e. The molecule has 1 aliphatic heterocycles. The van der Waals surface area contributed by atoms with E-state index in [2.05, 4.69) is 4.98 Å². The Bertz CT molecular complexity index is 1220. The fraction of sp³-hybridized carbons (Fsp3) is 0.423. The van der Waals surface area contributed by atoms with Gasteiger partial charge in [-0.2, -0.15) is 13.2 Å². The van der Waals surface area contributed by atoms with Crippen molar-refractivity contribution in [2.45, 2.75) is 45.2 Å². The molecule has 0 N–H and O–H groups in total. The minimum atomic E-state index is -4.50. The van der Waals surface area contributed by atoms with E-state index in [0.717, 1.165) is 17.7 Å². The summed E-state index contributed by atoms with van der Waals surface area (Å²) in [6.45, 7) is 4.68. The number of piperidine rings is 1. The van der Waals surface area contributed by atoms with Crippen LogP contribution in [0.4, 0.5) is 13.2 Å². The molecule has 1 aromatic carbocycles. The molecule has 1 aliphatic rings. The van der Waals surface area contributed by atoms with Gasteiger partial charge in [-0.25, -0.2) is 4.98 Å². The van der Waals surface area contributed by atoms with Gasteiger partial charge in [-0.05, 0) is 56.0 Å². The number of benzene rings is 1. The van der Waals surface area contributed by atoms with Crippen LogP contribution < -0.4 is 0 Å². The average molecular weight is 488 g/mol. The van der Waals surface area contributed by atoms with Gasteiger partial charge in [-0.1, -0.05) is 18.2 Å². The molecule has 35 heavy (non-hydrogen) atoms. The minimum absolute atomic E-state index is 0.0431. The molecular formula is C26H28F3N3O3. The number of carbonyl (C=O) groups excluding carboxylic acids is 2. The van der Waals surface area contributed by atoms with Gasteiger partial charge in [0.15, 0.2) is 0 Å². The Labute approximate surface area is 201 Å². The van der Waals surface area contributed by atoms with Crippen LogP contribution in [0.3, 0.4) is 0 Å². The van der Waals surface area contributed by atoms with Crippen LogP contribution in [0.5, 0.6) is 0 Å². The van der Waals surface area contributed by atoms with Gasteiger partial charge in [-0.15, -0.1) is 0 Å². The highest BCUT2D eigenvalue weighted by atomic mass is 19.4. The third-order valence-corrected chi connectivity index (χ3v) is 6.44. The number of esters is 1. The highest BCUT2D eigenvalue weighted by molar-refractivity contribution is 5.79. The summed E-state index contributed by atoms with van der Waals surface area (Å²) in [6, 6.07) is 8.86. The topological polar surface area (TPSA) is 63.9 Å². The molecule has 2 atom stereocenters. The maximum absolute atomic E-state index is 13.5. The molecular weight excluding hydrogens is 459 g/mol. The van der Waals surface area contributed by atoms with Crippen LogP contribution in [0.2, 0.25) is 0 Å². The van der Waals surface area contributed by atoms with Crippen LogP contribution in [-0.2, 0) is 20.5 Å². The lowest BCUT2D eigenvalue weighted by molar-refractivity contribution is -0.151. The quantitative estimate of drug-likeness (QED) is 0.460. The smallest absolute Gasteiger partial charge is 0.416 e. The van der Waals surface area contributed by atoms with Gasteiger partial charge in [0.2, 0.25) is 5.91 Å². The second-order valence-electron chi connectivity index (χ2n) is 8.93. The number of imidazole rings is 1. The zero-order chi connectivity index (χ0) is 25.2. The third-order valence-electron chi connectivity index (χ3n) is 6.44. The zero-order valence-corrected chi connectivity index (χ0v) is 19.7. The summed E-state index contributed by atoms with van der Waals surface area (Å²) in [5.41, 5.74) is 1.91. The van der Waals surface area contributed by atoms with Crippen molar-refractivity contribution in [3.05, 3.63) is 71.2 Å². The molecule has 3 heterocycles. The lowest BCUT2D eigenvalue weighted by atomic mass is 9.90. The molecule has 9 heteroatoms. The third kappa shape index (κ3) is 5.49. The average Bonchev–Trinajstić information content (AvgIpc) is 3.25. The number of ether oxygens (including phenoxy) is 1. The maximum Gasteiger partial charge on any atom is 0.416 e. The number of halogens is 3. The summed E-state index contributed by atoms with van der Waals surface area (Å²) in [4.78, 5) is 31.7. The fourth-order valence-electron chi connectivity index (χ4n) is 4.64. The summed E-state index contributed by atoms with van der Waals surface area (Å²) < 4.78 is 47.3. The Kier molecular flexibility index (Phi) is 7.14. The van der Waals surface area contributed by atoms with Gasteiger partial charge in [0.05, 0.1) is 23.8 Å². The number of fused-ring (bicyclic) bond motifs is 1. The molecule has 6 nitrogen and oxygen atoms in total. The maximum atomic E-state index is 13.5. The summed E-state index contributed by atoms with van der Waals surface area (Å²) >= 11 is 0. The number of hydrogen-bond acceptors (Lipinski definition) is 4. The molecule has 1 saturated heterocycles. The molecule has 0 radical (unpaired) electrons. The normalized spacial score (nSPS) is 17.4. The van der Waals surface area contributed by atoms with Crippen LogP contribution in [0.1, 0.15) is 54.5 Å². The first-order valence-electron chi connectivity index (χ1n) is 11.7. The standard InChI is InChI=1S/C26H28F3N3O3/c1-3-35-25(34)19-7-5-10-31(16-19)24(33)14-21(18-6-4-8-20(13-18)26(27,28)29)22-15-30-23-12-17(2)9-11-32(22)23/h4,6,8-9,11-13,15,19,21H,3,5,7,10,14,16H2,1-2H3. The number of amides is 1. The van der Waals surface area contributed by atoms with Crippen LogP contribution in [0, 0.1) is 12.8 Å². The molecule has 0 aliphatic carbocycles. The van der Waals surface area contributed by atoms with E-state index in [1.165, 1.54) is 6.07 Å². The number of rotatable bonds is 6. The van der Waals surface area contributed by atoms with Crippen LogP contribution in [-0.4, -0.2) is 45.9 Å². The van der Waals surface area contributed by atoms with E-state index < -0.39 is 23.6 Å². The number of alkyl halides is 3. The molecule has 3 aromatic rings. The van der Waals surface area contributed by atoms with Crippen molar-refractivity contribution in [3.8, 4) is 0 Å². The predicted octanol–water partition coefficient (Wildman–Crippen LogP) is 4.99. The van der Waals surface area contributed by atoms with Crippen LogP contribution in [0.25, 0.3) is 5.65 Å². The Hall–Kier alpha value is -3.36. The second kappa shape index (κ2) is 10.1. The molecule has 0 spiro atoms. The first kappa shape index (κ1) is 24.8. The predicted molar refractivity (Wildman–Crippen MR) is 124 cm³/mol. The monoisotopic (exact) mass is 487 g/mol. The second-order valence-corrected chi connectivity index (χ2v) is 8.93. The van der Waals surface area contributed by atoms with Crippen LogP contribution >= 0.6 is 0 Å². The van der Waals surface area contributed by atoms with Gasteiger partial charge in [-0.3, -0.25) is 9.59 Å². The van der Waals surface area contributed by atoms with Gasteiger partial charge in [0.1, 0.15) is 5.65 Å². The Morgan fingerprint density at radius 1 is 1.23 bits per heavy atom. The van der Waals surface area contributed by atoms with Crippen molar-refractivity contribution >= 4 is 17.5 Å². The lowest BCUT2D eigenvalue weighted by Gasteiger charge is -2.32. The van der Waals surface area contributed by atoms with E-state index in [9.17, 15) is 22.8 Å². The first-order valence-corrected chi connectivity index (χ1v) is 11.7. The van der Waals surface area contributed by atoms with Gasteiger partial charge in [0.25, 0.3) is 0 Å². The zero-order valence-electron chi connectivity index (χ0n) is 19.7. The van der Waals surface area contributed by atoms with Crippen molar-refractivity contribution in [2.24, 2.45) is 5.92 Å². The van der Waals surface area contributed by atoms with Crippen molar-refractivity contribution in [3.63, 3.8) is 0 Å². The SMILES string of the molecule is CCOC(=O)C1CCCN(C(=O)CC(c2cccc(C(F)(F)F)c2)c2cnc3cc(C)ccn23)C1. The number of pyridine rings is 1. The van der Waals surface area contributed by atoms with Gasteiger partial charge >= 0.3 is 12.1 Å². The van der Waals surface area contributed by atoms with E-state index in [1.807, 2.05) is 29.7 Å². The molecule has 2 aromatic heterocycles. The molecule has 186 valence electrons. The molecule has 0 saturated carbocycles. The lowest BCUT2D eigenvalue weighted by Crippen LogP contribution is -2.43. The summed E-state index contributed by atoms with van der Waals surface area (Å²) in [6.07, 6.45) is 0.199. The fourth-order valence-corrected chi connectivity index (χ4v) is 4.64. The molecule has 2 unspecified atom stereocenters. The van der Waals surface area contributed by atoms with E-state index in [4.69, 9.17) is 4.74 Å². The number of aryl methyl sites for hydroxylation is 1. The van der Waals surface area contributed by atoms with Crippen molar-refractivity contribution in [1.29, 1.82) is 0 Å². The van der Waals surface area contributed by atoms with E-state index in [0.29, 0.717) is 36.3 Å². The number of hydrogen-bond donors (Lipinski definition) is 0. The first-order chi connectivity index (χ1) is 16.7. The van der Waals surface area contributed by atoms with E-state index >= 15 is 0 Å². The highest BCUT2D eigenvalue weighted by Crippen LogP contribution is 2.35. The van der Waals surface area contributed by atoms with Gasteiger partial charge < -0.3 is 14.0 Å². The molecule has 0 bridgehead atoms. The molecule has 4 rings (SSSR count).